The number of benzene rings is 5. The number of rotatable bonds is 10. The van der Waals surface area contributed by atoms with Crippen molar-refractivity contribution in [1.82, 2.24) is 0 Å². The smallest absolute Gasteiger partial charge is 0.134 e. The van der Waals surface area contributed by atoms with E-state index in [1.165, 1.54) is 88.4 Å². The third-order valence-corrected chi connectivity index (χ3v) is 16.9. The van der Waals surface area contributed by atoms with E-state index in [0.29, 0.717) is 53.3 Å². The van der Waals surface area contributed by atoms with Gasteiger partial charge in [-0.05, 0) is 195 Å². The Morgan fingerprint density at radius 2 is 0.853 bits per heavy atom. The maximum atomic E-state index is 5.79. The monoisotopic (exact) mass is 1010 g/mol. The van der Waals surface area contributed by atoms with Crippen LogP contribution >= 0.6 is 0 Å². The second-order valence-corrected chi connectivity index (χ2v) is 26.0. The van der Waals surface area contributed by atoms with Crippen molar-refractivity contribution in [3.05, 3.63) is 170 Å². The van der Waals surface area contributed by atoms with Gasteiger partial charge in [-0.1, -0.05) is 223 Å². The van der Waals surface area contributed by atoms with Gasteiger partial charge >= 0.3 is 0 Å². The van der Waals surface area contributed by atoms with E-state index in [1.54, 1.807) is 22.3 Å². The highest BCUT2D eigenvalue weighted by molar-refractivity contribution is 5.82. The highest BCUT2D eigenvalue weighted by atomic mass is 16.5. The highest BCUT2D eigenvalue weighted by Gasteiger charge is 2.26. The fourth-order valence-electron chi connectivity index (χ4n) is 11.3. The molecular weight excluding hydrogens is 909 g/mol. The number of ether oxygens (including phenoxy) is 1. The first-order valence-corrected chi connectivity index (χ1v) is 30.1. The van der Waals surface area contributed by atoms with Gasteiger partial charge in [-0.15, -0.1) is 0 Å². The molecule has 3 atom stereocenters. The second kappa shape index (κ2) is 28.7. The molecule has 2 nitrogen and oxygen atoms in total. The SMILES string of the molecule is CC(C)c1ccc(C(C)C)cc1.CC(C)c1ccc2c(C(C)C)coc2c1.CC(C)c1ccc2c(c1)CC(C(C)C)CC2.CC(C)c1ccc2c(c1)CCCC2C(C)C.CC(C)c1ccc2c(c1)OCCC2C(C)C. The van der Waals surface area contributed by atoms with Crippen LogP contribution in [0.1, 0.15) is 284 Å². The quantitative estimate of drug-likeness (QED) is 0.136. The van der Waals surface area contributed by atoms with Crippen molar-refractivity contribution in [2.45, 2.75) is 237 Å². The van der Waals surface area contributed by atoms with E-state index < -0.39 is 0 Å². The lowest BCUT2D eigenvalue weighted by molar-refractivity contribution is 0.247. The van der Waals surface area contributed by atoms with E-state index in [-0.39, 0.29) is 0 Å². The molecule has 410 valence electrons. The van der Waals surface area contributed by atoms with Crippen molar-refractivity contribution in [3.8, 4) is 5.75 Å². The normalized spacial score (nSPS) is 17.0. The Morgan fingerprint density at radius 1 is 0.387 bits per heavy atom. The van der Waals surface area contributed by atoms with Crippen LogP contribution in [0.2, 0.25) is 0 Å². The summed E-state index contributed by atoms with van der Waals surface area (Å²) >= 11 is 0. The summed E-state index contributed by atoms with van der Waals surface area (Å²) in [6, 6.07) is 36.6. The van der Waals surface area contributed by atoms with Crippen LogP contribution in [0.5, 0.6) is 5.75 Å². The lowest BCUT2D eigenvalue weighted by Crippen LogP contribution is -2.19. The summed E-state index contributed by atoms with van der Waals surface area (Å²) in [7, 11) is 0. The van der Waals surface area contributed by atoms with E-state index in [2.05, 4.69) is 236 Å². The van der Waals surface area contributed by atoms with Crippen molar-refractivity contribution in [3.63, 3.8) is 0 Å². The van der Waals surface area contributed by atoms with E-state index in [1.807, 2.05) is 6.26 Å². The van der Waals surface area contributed by atoms with Gasteiger partial charge in [-0.25, -0.2) is 0 Å². The Labute approximate surface area is 460 Å². The van der Waals surface area contributed by atoms with Crippen molar-refractivity contribution < 1.29 is 9.15 Å². The largest absolute Gasteiger partial charge is 0.493 e. The van der Waals surface area contributed by atoms with E-state index >= 15 is 0 Å². The third kappa shape index (κ3) is 17.2. The van der Waals surface area contributed by atoms with Crippen LogP contribution in [0, 0.1) is 23.7 Å². The van der Waals surface area contributed by atoms with Crippen molar-refractivity contribution in [2.24, 2.45) is 23.7 Å². The molecule has 75 heavy (non-hydrogen) atoms. The van der Waals surface area contributed by atoms with Crippen LogP contribution < -0.4 is 4.74 Å². The van der Waals surface area contributed by atoms with Gasteiger partial charge in [0.25, 0.3) is 0 Å². The average Bonchev–Trinajstić information content (AvgIpc) is 3.82. The predicted molar refractivity (Wildman–Crippen MR) is 329 cm³/mol. The molecule has 0 amide bonds. The van der Waals surface area contributed by atoms with Crippen LogP contribution in [0.25, 0.3) is 11.0 Å². The molecule has 0 fully saturated rings. The summed E-state index contributed by atoms with van der Waals surface area (Å²) in [6.07, 6.45) is 11.1. The van der Waals surface area contributed by atoms with Gasteiger partial charge in [0.1, 0.15) is 11.3 Å². The molecule has 2 heterocycles. The van der Waals surface area contributed by atoms with Crippen molar-refractivity contribution in [2.75, 3.05) is 6.61 Å². The first-order valence-electron chi connectivity index (χ1n) is 30.1. The Kier molecular flexibility index (Phi) is 23.5. The summed E-state index contributed by atoms with van der Waals surface area (Å²) in [5.41, 5.74) is 18.8. The van der Waals surface area contributed by atoms with Crippen molar-refractivity contribution in [1.29, 1.82) is 0 Å². The third-order valence-electron chi connectivity index (χ3n) is 16.9. The van der Waals surface area contributed by atoms with Crippen LogP contribution in [-0.4, -0.2) is 6.61 Å². The Hall–Kier alpha value is -4.56. The summed E-state index contributed by atoms with van der Waals surface area (Å²) in [5.74, 6) is 10.1. The minimum absolute atomic E-state index is 0.524. The first kappa shape index (κ1) is 61.3. The molecule has 3 aliphatic rings. The minimum atomic E-state index is 0.524. The number of fused-ring (bicyclic) bond motifs is 4. The predicted octanol–water partition coefficient (Wildman–Crippen LogP) is 22.4. The lowest BCUT2D eigenvalue weighted by atomic mass is 9.76. The first-order chi connectivity index (χ1) is 35.5. The van der Waals surface area contributed by atoms with Gasteiger partial charge in [0.05, 0.1) is 12.9 Å². The van der Waals surface area contributed by atoms with Gasteiger partial charge in [0.2, 0.25) is 0 Å². The fourth-order valence-corrected chi connectivity index (χ4v) is 11.3. The minimum Gasteiger partial charge on any atom is -0.493 e. The Balaban J connectivity index is 0.000000174. The molecule has 9 rings (SSSR count). The van der Waals surface area contributed by atoms with Gasteiger partial charge in [0, 0.05) is 10.9 Å². The Morgan fingerprint density at radius 3 is 1.37 bits per heavy atom. The summed E-state index contributed by atoms with van der Waals surface area (Å²) < 4.78 is 11.4. The molecule has 6 aromatic rings. The number of hydrogen-bond acceptors (Lipinski definition) is 2. The summed E-state index contributed by atoms with van der Waals surface area (Å²) in [4.78, 5) is 0. The van der Waals surface area contributed by atoms with Gasteiger partial charge in [0.15, 0.2) is 0 Å². The molecule has 5 aromatic carbocycles. The second-order valence-electron chi connectivity index (χ2n) is 26.0. The molecule has 0 N–H and O–H groups in total. The van der Waals surface area contributed by atoms with E-state index in [0.717, 1.165) is 48.0 Å². The van der Waals surface area contributed by atoms with Gasteiger partial charge < -0.3 is 9.15 Å². The highest BCUT2D eigenvalue weighted by Crippen LogP contribution is 2.41. The molecule has 0 spiro atoms. The maximum Gasteiger partial charge on any atom is 0.134 e. The molecule has 0 radical (unpaired) electrons. The molecule has 1 aliphatic heterocycles. The topological polar surface area (TPSA) is 22.4 Å². The average molecular weight is 1020 g/mol. The maximum absolute atomic E-state index is 5.79. The lowest BCUT2D eigenvalue weighted by Gasteiger charge is -2.29. The number of hydrogen-bond donors (Lipinski definition) is 0. The molecular formula is C73H106O2. The molecule has 0 saturated heterocycles. The zero-order valence-electron chi connectivity index (χ0n) is 51.3. The van der Waals surface area contributed by atoms with Crippen LogP contribution in [0.4, 0.5) is 0 Å². The van der Waals surface area contributed by atoms with Gasteiger partial charge in [-0.3, -0.25) is 0 Å². The standard InChI is InChI=1S/2C16H24.C15H22O.C14H18O.C12H18/c1-11(2)14-7-5-13-6-8-15(12(3)4)10-16(13)9-14;1-11(2)13-8-9-16-14(10-13)6-5-7-15(16)12(3)4;1-10(2)12-5-6-14-13(11(3)4)7-8-16-15(14)9-12;1-9(2)11-5-6-12-13(10(3)4)8-15-14(12)7-11;1-9(2)11-5-7-12(8-6-11)10(3)4/h5,7,9,11-12,15H,6,8,10H2,1-4H3;8-12,15H,5-7H2,1-4H3;5-6,9-11,13H,7-8H2,1-4H3;5-10H,1-4H3;5-10H,1-4H3. The molecule has 2 aliphatic carbocycles. The molecule has 1 aromatic heterocycles. The summed E-state index contributed by atoms with van der Waals surface area (Å²) in [6.45, 7) is 46.2. The molecule has 0 saturated carbocycles. The van der Waals surface area contributed by atoms with E-state index in [4.69, 9.17) is 9.15 Å². The fraction of sp³-hybridized carbons (Fsp3) is 0.562. The van der Waals surface area contributed by atoms with E-state index in [9.17, 15) is 0 Å². The molecule has 3 unspecified atom stereocenters. The summed E-state index contributed by atoms with van der Waals surface area (Å²) in [5, 5.41) is 1.26. The zero-order chi connectivity index (χ0) is 55.3. The van der Waals surface area contributed by atoms with Crippen molar-refractivity contribution >= 4 is 11.0 Å². The zero-order valence-corrected chi connectivity index (χ0v) is 51.3. The van der Waals surface area contributed by atoms with Crippen LogP contribution in [0.15, 0.2) is 108 Å². The molecule has 2 heteroatoms. The molecule has 0 bridgehead atoms. The van der Waals surface area contributed by atoms with Crippen LogP contribution in [-0.2, 0) is 19.3 Å². The number of furan rings is 1. The Bertz CT molecular complexity index is 2520. The number of aryl methyl sites for hydroxylation is 2. The van der Waals surface area contributed by atoms with Gasteiger partial charge in [-0.2, -0.15) is 0 Å². The van der Waals surface area contributed by atoms with Crippen LogP contribution in [0.3, 0.4) is 0 Å².